The minimum Gasteiger partial charge on any atom is -0.497 e. The molecular formula is C21H24N4O3S2. The maximum absolute atomic E-state index is 12.4. The van der Waals surface area contributed by atoms with Crippen LogP contribution in [0.5, 0.6) is 5.75 Å². The average Bonchev–Trinajstić information content (AvgIpc) is 3.54. The molecule has 4 rings (SSSR count). The fraction of sp³-hybridized carbons (Fsp3) is 0.381. The SMILES string of the molecule is COc1ccc(CNC(=O)CSc2nnc(-c3cccs3)n2CC2CCCO2)cc1. The van der Waals surface area contributed by atoms with Crippen LogP contribution in [0.1, 0.15) is 18.4 Å². The van der Waals surface area contributed by atoms with Crippen LogP contribution in [0.15, 0.2) is 46.9 Å². The molecule has 1 aromatic carbocycles. The minimum absolute atomic E-state index is 0.0415. The lowest BCUT2D eigenvalue weighted by Gasteiger charge is -2.14. The van der Waals surface area contributed by atoms with Crippen molar-refractivity contribution in [1.29, 1.82) is 0 Å². The second kappa shape index (κ2) is 10.1. The van der Waals surface area contributed by atoms with Crippen molar-refractivity contribution in [3.05, 3.63) is 47.3 Å². The number of amides is 1. The lowest BCUT2D eigenvalue weighted by molar-refractivity contribution is -0.118. The molecule has 0 radical (unpaired) electrons. The van der Waals surface area contributed by atoms with Crippen molar-refractivity contribution >= 4 is 29.0 Å². The smallest absolute Gasteiger partial charge is 0.230 e. The summed E-state index contributed by atoms with van der Waals surface area (Å²) < 4.78 is 13.1. The summed E-state index contributed by atoms with van der Waals surface area (Å²) in [6, 6.07) is 11.7. The highest BCUT2D eigenvalue weighted by Crippen LogP contribution is 2.29. The van der Waals surface area contributed by atoms with Gasteiger partial charge in [-0.2, -0.15) is 0 Å². The Morgan fingerprint density at radius 1 is 1.33 bits per heavy atom. The predicted octanol–water partition coefficient (Wildman–Crippen LogP) is 3.60. The van der Waals surface area contributed by atoms with Crippen LogP contribution >= 0.6 is 23.1 Å². The van der Waals surface area contributed by atoms with Crippen LogP contribution in [0.4, 0.5) is 0 Å². The Labute approximate surface area is 183 Å². The summed E-state index contributed by atoms with van der Waals surface area (Å²) >= 11 is 3.04. The molecule has 1 atom stereocenters. The number of carbonyl (C=O) groups excluding carboxylic acids is 1. The standard InChI is InChI=1S/C21H24N4O3S2/c1-27-16-8-6-15(7-9-16)12-22-19(26)14-30-21-24-23-20(18-5-3-11-29-18)25(21)13-17-4-2-10-28-17/h3,5-9,11,17H,2,4,10,12-14H2,1H3,(H,22,26). The van der Waals surface area contributed by atoms with Gasteiger partial charge in [-0.15, -0.1) is 21.5 Å². The van der Waals surface area contributed by atoms with E-state index in [0.717, 1.165) is 46.6 Å². The molecule has 3 aromatic rings. The van der Waals surface area contributed by atoms with Crippen molar-refractivity contribution in [2.75, 3.05) is 19.5 Å². The maximum Gasteiger partial charge on any atom is 0.230 e. The number of rotatable bonds is 9. The van der Waals surface area contributed by atoms with Gasteiger partial charge in [-0.1, -0.05) is 30.0 Å². The first-order valence-electron chi connectivity index (χ1n) is 9.84. The van der Waals surface area contributed by atoms with E-state index in [1.165, 1.54) is 11.8 Å². The second-order valence-corrected chi connectivity index (χ2v) is 8.83. The number of benzene rings is 1. The molecule has 0 spiro atoms. The Morgan fingerprint density at radius 2 is 2.20 bits per heavy atom. The van der Waals surface area contributed by atoms with Gasteiger partial charge in [-0.3, -0.25) is 9.36 Å². The molecule has 0 bridgehead atoms. The number of ether oxygens (including phenoxy) is 2. The van der Waals surface area contributed by atoms with Gasteiger partial charge in [0.1, 0.15) is 5.75 Å². The molecule has 0 saturated carbocycles. The molecule has 1 aliphatic heterocycles. The van der Waals surface area contributed by atoms with E-state index in [0.29, 0.717) is 13.1 Å². The number of thiophene rings is 1. The van der Waals surface area contributed by atoms with Crippen LogP contribution in [-0.4, -0.2) is 46.2 Å². The molecule has 1 amide bonds. The molecule has 0 aliphatic carbocycles. The molecule has 3 heterocycles. The van der Waals surface area contributed by atoms with Gasteiger partial charge in [0, 0.05) is 13.2 Å². The zero-order valence-corrected chi connectivity index (χ0v) is 18.4. The van der Waals surface area contributed by atoms with Crippen LogP contribution in [0.2, 0.25) is 0 Å². The third-order valence-electron chi connectivity index (χ3n) is 4.85. The lowest BCUT2D eigenvalue weighted by Crippen LogP contribution is -2.25. The van der Waals surface area contributed by atoms with Crippen molar-refractivity contribution in [1.82, 2.24) is 20.1 Å². The lowest BCUT2D eigenvalue weighted by atomic mass is 10.2. The molecule has 1 N–H and O–H groups in total. The normalized spacial score (nSPS) is 16.0. The van der Waals surface area contributed by atoms with Crippen LogP contribution in [0.3, 0.4) is 0 Å². The van der Waals surface area contributed by atoms with E-state index in [1.54, 1.807) is 18.4 Å². The number of nitrogens with zero attached hydrogens (tertiary/aromatic N) is 3. The van der Waals surface area contributed by atoms with Gasteiger partial charge in [-0.25, -0.2) is 0 Å². The molecule has 1 unspecified atom stereocenters. The third-order valence-corrected chi connectivity index (χ3v) is 6.68. The van der Waals surface area contributed by atoms with E-state index in [1.807, 2.05) is 41.8 Å². The number of nitrogens with one attached hydrogen (secondary N) is 1. The van der Waals surface area contributed by atoms with Crippen LogP contribution in [0, 0.1) is 0 Å². The Hall–Kier alpha value is -2.36. The fourth-order valence-corrected chi connectivity index (χ4v) is 4.76. The Morgan fingerprint density at radius 3 is 2.90 bits per heavy atom. The minimum atomic E-state index is -0.0415. The summed E-state index contributed by atoms with van der Waals surface area (Å²) in [7, 11) is 1.63. The first-order valence-corrected chi connectivity index (χ1v) is 11.7. The molecule has 1 aliphatic rings. The molecular weight excluding hydrogens is 420 g/mol. The Bertz CT molecular complexity index is 951. The summed E-state index contributed by atoms with van der Waals surface area (Å²) in [5, 5.41) is 14.5. The van der Waals surface area contributed by atoms with Crippen LogP contribution in [-0.2, 0) is 22.6 Å². The fourth-order valence-electron chi connectivity index (χ4n) is 3.27. The number of hydrogen-bond donors (Lipinski definition) is 1. The summed E-state index contributed by atoms with van der Waals surface area (Å²) in [5.74, 6) is 1.87. The average molecular weight is 445 g/mol. The molecule has 1 saturated heterocycles. The van der Waals surface area contributed by atoms with E-state index in [2.05, 4.69) is 20.1 Å². The summed E-state index contributed by atoms with van der Waals surface area (Å²) in [6.45, 7) is 1.99. The van der Waals surface area contributed by atoms with Crippen LogP contribution < -0.4 is 10.1 Å². The largest absolute Gasteiger partial charge is 0.497 e. The molecule has 30 heavy (non-hydrogen) atoms. The van der Waals surface area contributed by atoms with Gasteiger partial charge in [0.25, 0.3) is 0 Å². The van der Waals surface area contributed by atoms with E-state index in [-0.39, 0.29) is 17.8 Å². The van der Waals surface area contributed by atoms with Crippen molar-refractivity contribution in [3.8, 4) is 16.5 Å². The molecule has 158 valence electrons. The van der Waals surface area contributed by atoms with Crippen molar-refractivity contribution in [3.63, 3.8) is 0 Å². The first kappa shape index (κ1) is 20.9. The zero-order valence-electron chi connectivity index (χ0n) is 16.7. The van der Waals surface area contributed by atoms with Gasteiger partial charge < -0.3 is 14.8 Å². The predicted molar refractivity (Wildman–Crippen MR) is 118 cm³/mol. The molecule has 2 aromatic heterocycles. The highest BCUT2D eigenvalue weighted by Gasteiger charge is 2.22. The first-order chi connectivity index (χ1) is 14.7. The maximum atomic E-state index is 12.4. The van der Waals surface area contributed by atoms with Crippen molar-refractivity contribution in [2.45, 2.75) is 37.2 Å². The van der Waals surface area contributed by atoms with E-state index < -0.39 is 0 Å². The Kier molecular flexibility index (Phi) is 7.03. The number of aromatic nitrogens is 3. The summed E-state index contributed by atoms with van der Waals surface area (Å²) in [5.41, 5.74) is 1.02. The number of thioether (sulfide) groups is 1. The summed E-state index contributed by atoms with van der Waals surface area (Å²) in [6.07, 6.45) is 2.29. The van der Waals surface area contributed by atoms with Gasteiger partial charge in [0.05, 0.1) is 30.4 Å². The topological polar surface area (TPSA) is 78.3 Å². The van der Waals surface area contributed by atoms with E-state index >= 15 is 0 Å². The van der Waals surface area contributed by atoms with Crippen LogP contribution in [0.25, 0.3) is 10.7 Å². The zero-order chi connectivity index (χ0) is 20.8. The molecule has 7 nitrogen and oxygen atoms in total. The van der Waals surface area contributed by atoms with Gasteiger partial charge in [0.2, 0.25) is 5.91 Å². The number of hydrogen-bond acceptors (Lipinski definition) is 7. The molecule has 9 heteroatoms. The number of methoxy groups -OCH3 is 1. The Balaban J connectivity index is 1.37. The van der Waals surface area contributed by atoms with E-state index in [4.69, 9.17) is 9.47 Å². The quantitative estimate of drug-likeness (QED) is 0.508. The second-order valence-electron chi connectivity index (χ2n) is 6.94. The van der Waals surface area contributed by atoms with Gasteiger partial charge in [0.15, 0.2) is 11.0 Å². The third kappa shape index (κ3) is 5.21. The molecule has 1 fully saturated rings. The number of carbonyl (C=O) groups is 1. The monoisotopic (exact) mass is 444 g/mol. The van der Waals surface area contributed by atoms with Gasteiger partial charge >= 0.3 is 0 Å². The van der Waals surface area contributed by atoms with Crippen molar-refractivity contribution in [2.24, 2.45) is 0 Å². The van der Waals surface area contributed by atoms with E-state index in [9.17, 15) is 4.79 Å². The highest BCUT2D eigenvalue weighted by molar-refractivity contribution is 7.99. The summed E-state index contributed by atoms with van der Waals surface area (Å²) in [4.78, 5) is 13.4. The highest BCUT2D eigenvalue weighted by atomic mass is 32.2. The van der Waals surface area contributed by atoms with Crippen molar-refractivity contribution < 1.29 is 14.3 Å². The van der Waals surface area contributed by atoms with Gasteiger partial charge in [-0.05, 0) is 42.0 Å².